The molecule has 4 nitrogen and oxygen atoms in total. The molecule has 0 aromatic carbocycles. The molecule has 1 saturated heterocycles. The summed E-state index contributed by atoms with van der Waals surface area (Å²) in [6.45, 7) is 14.1. The highest BCUT2D eigenvalue weighted by Crippen LogP contribution is 2.47. The summed E-state index contributed by atoms with van der Waals surface area (Å²) >= 11 is 0. The third-order valence-corrected chi connectivity index (χ3v) is 6.49. The molecule has 1 aliphatic carbocycles. The van der Waals surface area contributed by atoms with E-state index in [4.69, 9.17) is 14.2 Å². The van der Waals surface area contributed by atoms with Crippen LogP contribution < -0.4 is 0 Å². The highest BCUT2D eigenvalue weighted by molar-refractivity contribution is 4.90. The molecular formula is C21H41NO3. The van der Waals surface area contributed by atoms with Crippen LogP contribution in [0.1, 0.15) is 72.6 Å². The first kappa shape index (κ1) is 21.1. The molecule has 0 bridgehead atoms. The van der Waals surface area contributed by atoms with E-state index in [1.54, 1.807) is 7.11 Å². The Labute approximate surface area is 155 Å². The zero-order chi connectivity index (χ0) is 18.3. The lowest BCUT2D eigenvalue weighted by Gasteiger charge is -2.42. The van der Waals surface area contributed by atoms with Gasteiger partial charge in [-0.15, -0.1) is 0 Å². The third kappa shape index (κ3) is 5.92. The second-order valence-corrected chi connectivity index (χ2v) is 8.69. The summed E-state index contributed by atoms with van der Waals surface area (Å²) < 4.78 is 17.8. The lowest BCUT2D eigenvalue weighted by molar-refractivity contribution is -0.197. The number of likely N-dealkylation sites (N-methyl/N-ethyl adjacent to an activating group) is 1. The fourth-order valence-corrected chi connectivity index (χ4v) is 4.68. The fourth-order valence-electron chi connectivity index (χ4n) is 4.68. The largest absolute Gasteiger partial charge is 0.383 e. The van der Waals surface area contributed by atoms with Crippen LogP contribution in [0.3, 0.4) is 0 Å². The molecule has 1 aliphatic heterocycles. The Bertz CT molecular complexity index is 377. The summed E-state index contributed by atoms with van der Waals surface area (Å²) in [5, 5.41) is 0. The SMILES string of the molecule is CCCC(C)(C)C1CCC2(CC1)OCC(CCN(CC)CCOC)O2. The van der Waals surface area contributed by atoms with Crippen molar-refractivity contribution >= 4 is 0 Å². The Morgan fingerprint density at radius 2 is 1.88 bits per heavy atom. The van der Waals surface area contributed by atoms with E-state index in [0.717, 1.165) is 58.0 Å². The van der Waals surface area contributed by atoms with E-state index in [1.807, 2.05) is 0 Å². The molecule has 1 unspecified atom stereocenters. The molecule has 0 amide bonds. The fraction of sp³-hybridized carbons (Fsp3) is 1.00. The van der Waals surface area contributed by atoms with Crippen molar-refractivity contribution in [3.8, 4) is 0 Å². The van der Waals surface area contributed by atoms with Crippen LogP contribution in [0, 0.1) is 11.3 Å². The Balaban J connectivity index is 1.75. The van der Waals surface area contributed by atoms with Gasteiger partial charge in [0.1, 0.15) is 0 Å². The number of nitrogens with zero attached hydrogens (tertiary/aromatic N) is 1. The Kier molecular flexibility index (Phi) is 8.19. The van der Waals surface area contributed by atoms with Gasteiger partial charge in [0.05, 0.1) is 19.3 Å². The Morgan fingerprint density at radius 1 is 1.16 bits per heavy atom. The third-order valence-electron chi connectivity index (χ3n) is 6.49. The van der Waals surface area contributed by atoms with Crippen molar-refractivity contribution < 1.29 is 14.2 Å². The zero-order valence-corrected chi connectivity index (χ0v) is 17.3. The van der Waals surface area contributed by atoms with Crippen LogP contribution in [-0.2, 0) is 14.2 Å². The summed E-state index contributed by atoms with van der Waals surface area (Å²) in [5.74, 6) is 0.543. The van der Waals surface area contributed by atoms with Crippen LogP contribution in [0.4, 0.5) is 0 Å². The Morgan fingerprint density at radius 3 is 2.48 bits per heavy atom. The number of ether oxygens (including phenoxy) is 3. The summed E-state index contributed by atoms with van der Waals surface area (Å²) in [4.78, 5) is 2.43. The topological polar surface area (TPSA) is 30.9 Å². The Hall–Kier alpha value is -0.160. The van der Waals surface area contributed by atoms with Crippen LogP contribution in [-0.4, -0.2) is 56.7 Å². The first-order valence-electron chi connectivity index (χ1n) is 10.5. The van der Waals surface area contributed by atoms with E-state index in [9.17, 15) is 0 Å². The highest BCUT2D eigenvalue weighted by atomic mass is 16.7. The summed E-state index contributed by atoms with van der Waals surface area (Å²) in [7, 11) is 1.77. The van der Waals surface area contributed by atoms with Crippen molar-refractivity contribution in [2.24, 2.45) is 11.3 Å². The van der Waals surface area contributed by atoms with Gasteiger partial charge in [-0.25, -0.2) is 0 Å². The second kappa shape index (κ2) is 9.68. The molecule has 1 spiro atoms. The lowest BCUT2D eigenvalue weighted by atomic mass is 9.68. The van der Waals surface area contributed by atoms with E-state index < -0.39 is 0 Å². The number of rotatable bonds is 10. The molecule has 0 aromatic rings. The summed E-state index contributed by atoms with van der Waals surface area (Å²) in [6.07, 6.45) is 8.55. The minimum absolute atomic E-state index is 0.261. The molecule has 0 radical (unpaired) electrons. The maximum atomic E-state index is 6.43. The van der Waals surface area contributed by atoms with Gasteiger partial charge in [-0.05, 0) is 43.6 Å². The van der Waals surface area contributed by atoms with Gasteiger partial charge < -0.3 is 19.1 Å². The van der Waals surface area contributed by atoms with Crippen molar-refractivity contribution in [3.05, 3.63) is 0 Å². The van der Waals surface area contributed by atoms with E-state index in [2.05, 4.69) is 32.6 Å². The van der Waals surface area contributed by atoms with Gasteiger partial charge in [0.25, 0.3) is 0 Å². The molecule has 25 heavy (non-hydrogen) atoms. The molecular weight excluding hydrogens is 314 g/mol. The molecule has 2 aliphatic rings. The van der Waals surface area contributed by atoms with Crippen LogP contribution in [0.25, 0.3) is 0 Å². The predicted octanol–water partition coefficient (Wildman–Crippen LogP) is 4.47. The summed E-state index contributed by atoms with van der Waals surface area (Å²) in [6, 6.07) is 0. The molecule has 2 rings (SSSR count). The maximum absolute atomic E-state index is 6.43. The highest BCUT2D eigenvalue weighted by Gasteiger charge is 2.46. The summed E-state index contributed by atoms with van der Waals surface area (Å²) in [5.41, 5.74) is 0.456. The monoisotopic (exact) mass is 355 g/mol. The van der Waals surface area contributed by atoms with Gasteiger partial charge in [-0.3, -0.25) is 0 Å². The van der Waals surface area contributed by atoms with Crippen LogP contribution in [0.5, 0.6) is 0 Å². The average molecular weight is 356 g/mol. The van der Waals surface area contributed by atoms with Crippen molar-refractivity contribution in [2.75, 3.05) is 40.0 Å². The molecule has 0 aromatic heterocycles. The van der Waals surface area contributed by atoms with Crippen molar-refractivity contribution in [1.29, 1.82) is 0 Å². The first-order valence-corrected chi connectivity index (χ1v) is 10.5. The minimum atomic E-state index is -0.271. The van der Waals surface area contributed by atoms with Gasteiger partial charge in [0.2, 0.25) is 0 Å². The minimum Gasteiger partial charge on any atom is -0.383 e. The standard InChI is InChI=1S/C21H41NO3/c1-6-11-20(3,4)18-8-12-21(13-9-18)24-17-19(25-21)10-14-22(7-2)15-16-23-5/h18-19H,6-17H2,1-5H3. The molecule has 4 heteroatoms. The maximum Gasteiger partial charge on any atom is 0.168 e. The van der Waals surface area contributed by atoms with Gasteiger partial charge in [0, 0.05) is 33.0 Å². The zero-order valence-electron chi connectivity index (χ0n) is 17.3. The van der Waals surface area contributed by atoms with E-state index in [-0.39, 0.29) is 11.9 Å². The molecule has 1 atom stereocenters. The van der Waals surface area contributed by atoms with Crippen molar-refractivity contribution in [2.45, 2.75) is 84.5 Å². The van der Waals surface area contributed by atoms with E-state index >= 15 is 0 Å². The molecule has 2 fully saturated rings. The number of methoxy groups -OCH3 is 1. The van der Waals surface area contributed by atoms with Crippen molar-refractivity contribution in [1.82, 2.24) is 4.90 Å². The first-order chi connectivity index (χ1) is 11.9. The van der Waals surface area contributed by atoms with Gasteiger partial charge in [-0.1, -0.05) is 34.1 Å². The van der Waals surface area contributed by atoms with Crippen LogP contribution >= 0.6 is 0 Å². The lowest BCUT2D eigenvalue weighted by Crippen LogP contribution is -2.39. The molecule has 0 N–H and O–H groups in total. The number of hydrogen-bond donors (Lipinski definition) is 0. The smallest absolute Gasteiger partial charge is 0.168 e. The molecule has 1 saturated carbocycles. The average Bonchev–Trinajstić information content (AvgIpc) is 2.98. The molecule has 1 heterocycles. The van der Waals surface area contributed by atoms with E-state index in [1.165, 1.54) is 25.7 Å². The molecule has 148 valence electrons. The second-order valence-electron chi connectivity index (χ2n) is 8.69. The number of hydrogen-bond acceptors (Lipinski definition) is 4. The predicted molar refractivity (Wildman–Crippen MR) is 103 cm³/mol. The van der Waals surface area contributed by atoms with Crippen molar-refractivity contribution in [3.63, 3.8) is 0 Å². The van der Waals surface area contributed by atoms with Gasteiger partial charge in [0.15, 0.2) is 5.79 Å². The van der Waals surface area contributed by atoms with Crippen LogP contribution in [0.2, 0.25) is 0 Å². The normalized spacial score (nSPS) is 30.5. The quantitative estimate of drug-likeness (QED) is 0.578. The van der Waals surface area contributed by atoms with Gasteiger partial charge >= 0.3 is 0 Å². The van der Waals surface area contributed by atoms with Crippen LogP contribution in [0.15, 0.2) is 0 Å². The van der Waals surface area contributed by atoms with Gasteiger partial charge in [-0.2, -0.15) is 0 Å². The van der Waals surface area contributed by atoms with E-state index in [0.29, 0.717) is 5.41 Å².